The smallest absolute Gasteiger partial charge is 0.339 e. The highest BCUT2D eigenvalue weighted by Crippen LogP contribution is 2.23. The van der Waals surface area contributed by atoms with Crippen LogP contribution >= 0.6 is 11.3 Å². The van der Waals surface area contributed by atoms with Gasteiger partial charge in [0.1, 0.15) is 10.8 Å². The number of aryl methyl sites for hydroxylation is 1. The van der Waals surface area contributed by atoms with E-state index in [0.717, 1.165) is 17.4 Å². The molecule has 0 radical (unpaired) electrons. The molecule has 3 N–H and O–H groups in total. The number of esters is 1. The molecule has 2 aromatic rings. The summed E-state index contributed by atoms with van der Waals surface area (Å²) in [4.78, 5) is 35.2. The number of ether oxygens (including phenoxy) is 1. The van der Waals surface area contributed by atoms with E-state index in [1.54, 1.807) is 12.3 Å². The van der Waals surface area contributed by atoms with Gasteiger partial charge in [0.2, 0.25) is 0 Å². The van der Waals surface area contributed by atoms with Crippen molar-refractivity contribution in [2.45, 2.75) is 20.0 Å². The lowest BCUT2D eigenvalue weighted by Crippen LogP contribution is -2.30. The number of carbonyl (C=O) groups excluding carboxylic acids is 3. The first-order chi connectivity index (χ1) is 11.3. The highest BCUT2D eigenvalue weighted by molar-refractivity contribution is 7.14. The predicted molar refractivity (Wildman–Crippen MR) is 87.5 cm³/mol. The lowest BCUT2D eigenvalue weighted by Gasteiger charge is -2.13. The normalized spacial score (nSPS) is 11.6. The number of amides is 2. The Morgan fingerprint density at radius 1 is 1.29 bits per heavy atom. The highest BCUT2D eigenvalue weighted by Gasteiger charge is 2.21. The van der Waals surface area contributed by atoms with Crippen molar-refractivity contribution in [2.75, 3.05) is 5.32 Å². The van der Waals surface area contributed by atoms with Crippen molar-refractivity contribution in [3.63, 3.8) is 0 Å². The Morgan fingerprint density at radius 3 is 2.62 bits per heavy atom. The second kappa shape index (κ2) is 7.22. The molecule has 0 aliphatic rings. The number of nitrogens with one attached hydrogen (secondary N) is 1. The molecule has 126 valence electrons. The van der Waals surface area contributed by atoms with E-state index in [2.05, 4.69) is 5.32 Å². The summed E-state index contributed by atoms with van der Waals surface area (Å²) < 4.78 is 18.5. The first-order valence-corrected chi connectivity index (χ1v) is 7.83. The maximum Gasteiger partial charge on any atom is 0.339 e. The Hall–Kier alpha value is -2.74. The molecule has 0 aliphatic heterocycles. The van der Waals surface area contributed by atoms with E-state index in [9.17, 15) is 18.8 Å². The minimum Gasteiger partial charge on any atom is -0.449 e. The summed E-state index contributed by atoms with van der Waals surface area (Å²) >= 11 is 1.12. The summed E-state index contributed by atoms with van der Waals surface area (Å²) in [6, 6.07) is 5.39. The number of anilines is 1. The SMILES string of the molecule is Cc1ccc(C(=O)O[C@H](C)C(=O)Nc2sccc2C(N)=O)cc1F. The van der Waals surface area contributed by atoms with Gasteiger partial charge in [-0.15, -0.1) is 11.3 Å². The van der Waals surface area contributed by atoms with E-state index in [1.165, 1.54) is 25.1 Å². The van der Waals surface area contributed by atoms with Crippen LogP contribution in [0.3, 0.4) is 0 Å². The third kappa shape index (κ3) is 3.96. The van der Waals surface area contributed by atoms with Crippen molar-refractivity contribution in [1.82, 2.24) is 0 Å². The van der Waals surface area contributed by atoms with Crippen molar-refractivity contribution in [1.29, 1.82) is 0 Å². The van der Waals surface area contributed by atoms with Gasteiger partial charge in [0.25, 0.3) is 11.8 Å². The van der Waals surface area contributed by atoms with Gasteiger partial charge in [0.15, 0.2) is 6.10 Å². The van der Waals surface area contributed by atoms with Gasteiger partial charge in [-0.2, -0.15) is 0 Å². The van der Waals surface area contributed by atoms with Crippen LogP contribution in [0, 0.1) is 12.7 Å². The Bertz CT molecular complexity index is 803. The molecule has 2 rings (SSSR count). The van der Waals surface area contributed by atoms with E-state index in [0.29, 0.717) is 5.56 Å². The molecule has 8 heteroatoms. The average Bonchev–Trinajstić information content (AvgIpc) is 2.98. The molecule has 1 aromatic heterocycles. The monoisotopic (exact) mass is 350 g/mol. The number of hydrogen-bond donors (Lipinski definition) is 2. The maximum atomic E-state index is 13.5. The Labute approximate surface area is 141 Å². The summed E-state index contributed by atoms with van der Waals surface area (Å²) in [5, 5.41) is 4.35. The van der Waals surface area contributed by atoms with Crippen LogP contribution in [0.2, 0.25) is 0 Å². The molecule has 0 bridgehead atoms. The van der Waals surface area contributed by atoms with Gasteiger partial charge in [-0.25, -0.2) is 9.18 Å². The van der Waals surface area contributed by atoms with Gasteiger partial charge in [0, 0.05) is 0 Å². The number of benzene rings is 1. The summed E-state index contributed by atoms with van der Waals surface area (Å²) in [6.07, 6.45) is -1.13. The minimum atomic E-state index is -1.13. The third-order valence-corrected chi connectivity index (χ3v) is 4.06. The highest BCUT2D eigenvalue weighted by atomic mass is 32.1. The zero-order valence-electron chi connectivity index (χ0n) is 13.0. The molecule has 0 saturated heterocycles. The summed E-state index contributed by atoms with van der Waals surface area (Å²) in [5.41, 5.74) is 5.77. The molecule has 24 heavy (non-hydrogen) atoms. The number of hydrogen-bond acceptors (Lipinski definition) is 5. The largest absolute Gasteiger partial charge is 0.449 e. The van der Waals surface area contributed by atoms with E-state index in [-0.39, 0.29) is 16.1 Å². The molecule has 0 aliphatic carbocycles. The average molecular weight is 350 g/mol. The molecular formula is C16H15FN2O4S. The van der Waals surface area contributed by atoms with Crippen LogP contribution in [0.4, 0.5) is 9.39 Å². The van der Waals surface area contributed by atoms with Crippen molar-refractivity contribution in [2.24, 2.45) is 5.73 Å². The van der Waals surface area contributed by atoms with Gasteiger partial charge in [0.05, 0.1) is 11.1 Å². The van der Waals surface area contributed by atoms with Crippen LogP contribution in [0.25, 0.3) is 0 Å². The van der Waals surface area contributed by atoms with Crippen LogP contribution in [0.5, 0.6) is 0 Å². The molecule has 1 atom stereocenters. The lowest BCUT2D eigenvalue weighted by molar-refractivity contribution is -0.123. The van der Waals surface area contributed by atoms with Gasteiger partial charge in [-0.1, -0.05) is 6.07 Å². The molecule has 0 saturated carbocycles. The fourth-order valence-corrected chi connectivity index (χ4v) is 2.61. The van der Waals surface area contributed by atoms with Crippen LogP contribution in [0.15, 0.2) is 29.6 Å². The van der Waals surface area contributed by atoms with E-state index in [1.807, 2.05) is 0 Å². The minimum absolute atomic E-state index is 0.00620. The summed E-state index contributed by atoms with van der Waals surface area (Å²) in [5.74, 6) is -2.66. The van der Waals surface area contributed by atoms with Crippen molar-refractivity contribution in [3.05, 3.63) is 52.2 Å². The molecule has 0 fully saturated rings. The van der Waals surface area contributed by atoms with Crippen molar-refractivity contribution in [3.8, 4) is 0 Å². The summed E-state index contributed by atoms with van der Waals surface area (Å²) in [7, 11) is 0. The molecular weight excluding hydrogens is 335 g/mol. The number of carbonyl (C=O) groups is 3. The van der Waals surface area contributed by atoms with Crippen molar-refractivity contribution < 1.29 is 23.5 Å². The maximum absolute atomic E-state index is 13.5. The number of primary amides is 1. The quantitative estimate of drug-likeness (QED) is 0.809. The number of thiophene rings is 1. The van der Waals surface area contributed by atoms with Gasteiger partial charge in [-0.3, -0.25) is 9.59 Å². The van der Waals surface area contributed by atoms with Crippen LogP contribution in [-0.2, 0) is 9.53 Å². The standard InChI is InChI=1S/C16H15FN2O4S/c1-8-3-4-10(7-12(8)17)16(22)23-9(2)14(21)19-15-11(13(18)20)5-6-24-15/h3-7,9H,1-2H3,(H2,18,20)(H,19,21)/t9-/m1/s1. The predicted octanol–water partition coefficient (Wildman–Crippen LogP) is 2.48. The zero-order chi connectivity index (χ0) is 17.9. The van der Waals surface area contributed by atoms with E-state index in [4.69, 9.17) is 10.5 Å². The van der Waals surface area contributed by atoms with Gasteiger partial charge < -0.3 is 15.8 Å². The number of rotatable bonds is 5. The first kappa shape index (κ1) is 17.6. The Morgan fingerprint density at radius 2 is 2.00 bits per heavy atom. The molecule has 1 heterocycles. The first-order valence-electron chi connectivity index (χ1n) is 6.95. The Kier molecular flexibility index (Phi) is 5.30. The molecule has 0 spiro atoms. The molecule has 2 amide bonds. The van der Waals surface area contributed by atoms with E-state index < -0.39 is 29.7 Å². The van der Waals surface area contributed by atoms with Gasteiger partial charge >= 0.3 is 5.97 Å². The molecule has 1 aromatic carbocycles. The second-order valence-corrected chi connectivity index (χ2v) is 5.94. The topological polar surface area (TPSA) is 98.5 Å². The third-order valence-electron chi connectivity index (χ3n) is 3.23. The van der Waals surface area contributed by atoms with Crippen LogP contribution < -0.4 is 11.1 Å². The lowest BCUT2D eigenvalue weighted by atomic mass is 10.1. The fourth-order valence-electron chi connectivity index (χ4n) is 1.82. The van der Waals surface area contributed by atoms with E-state index >= 15 is 0 Å². The van der Waals surface area contributed by atoms with Crippen LogP contribution in [0.1, 0.15) is 33.2 Å². The number of halogens is 1. The second-order valence-electron chi connectivity index (χ2n) is 5.03. The summed E-state index contributed by atoms with van der Waals surface area (Å²) in [6.45, 7) is 2.94. The Balaban J connectivity index is 2.03. The van der Waals surface area contributed by atoms with Crippen molar-refractivity contribution >= 4 is 34.1 Å². The van der Waals surface area contributed by atoms with Gasteiger partial charge in [-0.05, 0) is 43.0 Å². The number of nitrogens with two attached hydrogens (primary N) is 1. The van der Waals surface area contributed by atoms with Crippen LogP contribution in [-0.4, -0.2) is 23.9 Å². The molecule has 6 nitrogen and oxygen atoms in total. The fraction of sp³-hybridized carbons (Fsp3) is 0.188. The molecule has 0 unspecified atom stereocenters. The zero-order valence-corrected chi connectivity index (χ0v) is 13.8.